The first-order valence-corrected chi connectivity index (χ1v) is 8.62. The molecule has 0 saturated heterocycles. The maximum atomic E-state index is 13.1. The van der Waals surface area contributed by atoms with Crippen LogP contribution in [0.2, 0.25) is 0 Å². The number of hydrogen-bond donors (Lipinski definition) is 0. The van der Waals surface area contributed by atoms with Gasteiger partial charge in [0.05, 0.1) is 0 Å². The summed E-state index contributed by atoms with van der Waals surface area (Å²) in [7, 11) is 0. The molecule has 2 aromatic rings. The lowest BCUT2D eigenvalue weighted by atomic mass is 10.1. The van der Waals surface area contributed by atoms with Crippen molar-refractivity contribution in [3.05, 3.63) is 35.7 Å². The highest BCUT2D eigenvalue weighted by Gasteiger charge is 2.32. The molecule has 1 aromatic heterocycles. The molecule has 0 unspecified atom stereocenters. The summed E-state index contributed by atoms with van der Waals surface area (Å²) in [6, 6.07) is 8.35. The molecule has 1 aromatic carbocycles. The molecule has 0 radical (unpaired) electrons. The van der Waals surface area contributed by atoms with Crippen LogP contribution in [0.5, 0.6) is 0 Å². The second-order valence-corrected chi connectivity index (χ2v) is 7.04. The summed E-state index contributed by atoms with van der Waals surface area (Å²) in [5.74, 6) is -2.52. The Labute approximate surface area is 138 Å². The van der Waals surface area contributed by atoms with Crippen LogP contribution in [0.3, 0.4) is 0 Å². The summed E-state index contributed by atoms with van der Waals surface area (Å²) in [6.45, 7) is 3.78. The van der Waals surface area contributed by atoms with Crippen LogP contribution >= 0.6 is 11.9 Å². The van der Waals surface area contributed by atoms with Crippen molar-refractivity contribution in [2.75, 3.05) is 5.75 Å². The third-order valence-corrected chi connectivity index (χ3v) is 4.62. The van der Waals surface area contributed by atoms with E-state index in [1.807, 2.05) is 36.2 Å². The van der Waals surface area contributed by atoms with Gasteiger partial charge in [0.15, 0.2) is 0 Å². The fraction of sp³-hybridized carbons (Fsp3) is 0.500. The quantitative estimate of drug-likeness (QED) is 0.696. The highest BCUT2D eigenvalue weighted by molar-refractivity contribution is 7.96. The summed E-state index contributed by atoms with van der Waals surface area (Å²) < 4.78 is 33.3. The van der Waals surface area contributed by atoms with E-state index in [1.165, 1.54) is 18.4 Å². The zero-order chi connectivity index (χ0) is 16.4. The van der Waals surface area contributed by atoms with Crippen LogP contribution in [0.1, 0.15) is 38.1 Å². The second-order valence-electron chi connectivity index (χ2n) is 5.73. The van der Waals surface area contributed by atoms with Crippen LogP contribution in [-0.4, -0.2) is 26.2 Å². The number of alkyl halides is 2. The molecule has 7 heteroatoms. The Morgan fingerprint density at radius 3 is 2.52 bits per heavy atom. The minimum Gasteiger partial charge on any atom is -0.332 e. The van der Waals surface area contributed by atoms with Crippen molar-refractivity contribution in [3.8, 4) is 11.4 Å². The van der Waals surface area contributed by atoms with Crippen LogP contribution in [0.15, 0.2) is 28.8 Å². The van der Waals surface area contributed by atoms with Crippen molar-refractivity contribution in [2.45, 2.75) is 45.2 Å². The summed E-state index contributed by atoms with van der Waals surface area (Å²) in [5, 5.41) is 3.63. The molecule has 1 aliphatic rings. The largest absolute Gasteiger partial charge is 0.332 e. The van der Waals surface area contributed by atoms with E-state index in [-0.39, 0.29) is 5.82 Å². The van der Waals surface area contributed by atoms with Crippen molar-refractivity contribution in [1.82, 2.24) is 14.4 Å². The van der Waals surface area contributed by atoms with Gasteiger partial charge in [0.25, 0.3) is 5.89 Å². The smallest absolute Gasteiger partial charge is 0.322 e. The van der Waals surface area contributed by atoms with E-state index in [0.29, 0.717) is 11.6 Å². The molecule has 0 aliphatic heterocycles. The van der Waals surface area contributed by atoms with E-state index < -0.39 is 11.8 Å². The lowest BCUT2D eigenvalue weighted by Crippen LogP contribution is -2.17. The molecule has 4 nitrogen and oxygen atoms in total. The van der Waals surface area contributed by atoms with Crippen molar-refractivity contribution < 1.29 is 13.3 Å². The average Bonchev–Trinajstić information content (AvgIpc) is 3.22. The molecular weight excluding hydrogens is 320 g/mol. The van der Waals surface area contributed by atoms with Crippen LogP contribution in [-0.2, 0) is 12.5 Å². The normalized spacial score (nSPS) is 15.3. The lowest BCUT2D eigenvalue weighted by Gasteiger charge is -2.19. The average molecular weight is 339 g/mol. The maximum Gasteiger partial charge on any atom is 0.322 e. The van der Waals surface area contributed by atoms with E-state index in [9.17, 15) is 8.78 Å². The van der Waals surface area contributed by atoms with Gasteiger partial charge in [-0.05, 0) is 18.4 Å². The van der Waals surface area contributed by atoms with Crippen LogP contribution in [0, 0.1) is 0 Å². The SMILES string of the molecule is CCSN(Cc1ccc(-c2noc(C(C)(F)F)n2)cc1)C1CC1. The van der Waals surface area contributed by atoms with Gasteiger partial charge in [-0.25, -0.2) is 4.31 Å². The van der Waals surface area contributed by atoms with Crippen molar-refractivity contribution in [1.29, 1.82) is 0 Å². The predicted octanol–water partition coefficient (Wildman–Crippen LogP) is 4.48. The second kappa shape index (κ2) is 6.57. The van der Waals surface area contributed by atoms with E-state index in [2.05, 4.69) is 25.9 Å². The zero-order valence-corrected chi connectivity index (χ0v) is 13.9. The standard InChI is InChI=1S/C16H19F2N3OS/c1-3-23-21(13-8-9-13)10-11-4-6-12(7-5-11)14-19-15(22-20-14)16(2,17)18/h4-7,13H,3,8-10H2,1-2H3. The zero-order valence-electron chi connectivity index (χ0n) is 13.1. The molecule has 1 heterocycles. The number of benzene rings is 1. The number of aromatic nitrogens is 2. The Hall–Kier alpha value is -1.47. The molecule has 0 bridgehead atoms. The third kappa shape index (κ3) is 4.09. The number of hydrogen-bond acceptors (Lipinski definition) is 5. The number of rotatable bonds is 7. The first-order valence-electron chi connectivity index (χ1n) is 7.68. The molecule has 1 fully saturated rings. The molecular formula is C16H19F2N3OS. The fourth-order valence-electron chi connectivity index (χ4n) is 2.27. The molecule has 1 saturated carbocycles. The van der Waals surface area contributed by atoms with Crippen molar-refractivity contribution >= 4 is 11.9 Å². The van der Waals surface area contributed by atoms with Crippen molar-refractivity contribution in [2.24, 2.45) is 0 Å². The van der Waals surface area contributed by atoms with Gasteiger partial charge in [-0.1, -0.05) is 48.3 Å². The Morgan fingerprint density at radius 2 is 2.00 bits per heavy atom. The molecule has 3 rings (SSSR count). The van der Waals surface area contributed by atoms with E-state index in [4.69, 9.17) is 0 Å². The fourth-order valence-corrected chi connectivity index (χ4v) is 3.26. The van der Waals surface area contributed by atoms with Gasteiger partial charge < -0.3 is 4.52 Å². The minimum absolute atomic E-state index is 0.190. The number of halogens is 2. The number of nitrogens with zero attached hydrogens (tertiary/aromatic N) is 3. The van der Waals surface area contributed by atoms with E-state index in [1.54, 1.807) is 0 Å². The van der Waals surface area contributed by atoms with Gasteiger partial charge in [-0.2, -0.15) is 13.8 Å². The van der Waals surface area contributed by atoms with Crippen LogP contribution in [0.25, 0.3) is 11.4 Å². The molecule has 0 spiro atoms. The van der Waals surface area contributed by atoms with E-state index >= 15 is 0 Å². The highest BCUT2D eigenvalue weighted by Crippen LogP contribution is 2.34. The molecule has 0 N–H and O–H groups in total. The summed E-state index contributed by atoms with van der Waals surface area (Å²) >= 11 is 1.86. The van der Waals surface area contributed by atoms with Gasteiger partial charge in [0.1, 0.15) is 0 Å². The van der Waals surface area contributed by atoms with Gasteiger partial charge in [0, 0.05) is 30.8 Å². The van der Waals surface area contributed by atoms with E-state index in [0.717, 1.165) is 19.2 Å². The molecule has 0 amide bonds. The lowest BCUT2D eigenvalue weighted by molar-refractivity contribution is -0.0158. The predicted molar refractivity (Wildman–Crippen MR) is 86.0 cm³/mol. The van der Waals surface area contributed by atoms with Crippen LogP contribution in [0.4, 0.5) is 8.78 Å². The molecule has 23 heavy (non-hydrogen) atoms. The Balaban J connectivity index is 1.70. The Morgan fingerprint density at radius 1 is 1.30 bits per heavy atom. The minimum atomic E-state index is -3.12. The van der Waals surface area contributed by atoms with Gasteiger partial charge in [-0.3, -0.25) is 0 Å². The summed E-state index contributed by atoms with van der Waals surface area (Å²) in [6.07, 6.45) is 2.53. The molecule has 1 aliphatic carbocycles. The topological polar surface area (TPSA) is 42.2 Å². The van der Waals surface area contributed by atoms with Crippen molar-refractivity contribution in [3.63, 3.8) is 0 Å². The molecule has 124 valence electrons. The third-order valence-electron chi connectivity index (χ3n) is 3.60. The van der Waals surface area contributed by atoms with Gasteiger partial charge in [0.2, 0.25) is 5.82 Å². The first-order chi connectivity index (χ1) is 11.0. The van der Waals surface area contributed by atoms with Gasteiger partial charge in [-0.15, -0.1) is 0 Å². The van der Waals surface area contributed by atoms with Crippen LogP contribution < -0.4 is 0 Å². The van der Waals surface area contributed by atoms with Gasteiger partial charge >= 0.3 is 5.92 Å². The highest BCUT2D eigenvalue weighted by atomic mass is 32.2. The Kier molecular flexibility index (Phi) is 4.68. The summed E-state index contributed by atoms with van der Waals surface area (Å²) in [4.78, 5) is 3.77. The summed E-state index contributed by atoms with van der Waals surface area (Å²) in [5.41, 5.74) is 1.86. The first kappa shape index (κ1) is 16.4. The maximum absolute atomic E-state index is 13.1. The Bertz CT molecular complexity index is 650. The molecule has 0 atom stereocenters. The monoisotopic (exact) mass is 339 g/mol.